The number of nitrogens with zero attached hydrogens (tertiary/aromatic N) is 1. The quantitative estimate of drug-likeness (QED) is 0.270. The smallest absolute Gasteiger partial charge is 0.119 e. The van der Waals surface area contributed by atoms with Crippen molar-refractivity contribution >= 4 is 32.8 Å². The lowest BCUT2D eigenvalue weighted by Crippen LogP contribution is -2.26. The van der Waals surface area contributed by atoms with Crippen LogP contribution in [0, 0.1) is 0 Å². The highest BCUT2D eigenvalue weighted by Gasteiger charge is 2.41. The number of hydrogen-bond acceptors (Lipinski definition) is 2. The van der Waals surface area contributed by atoms with Gasteiger partial charge in [-0.25, -0.2) is 0 Å². The SMILES string of the molecule is CCC1=C(/C=C/C=C/C=C2/N(CO)c3ccc4ccccc4c3C2(C)C)C(C)(C)c2c1ccc1ccccc21. The van der Waals surface area contributed by atoms with E-state index in [1.54, 1.807) is 0 Å². The first kappa shape index (κ1) is 25.4. The molecule has 6 rings (SSSR count). The summed E-state index contributed by atoms with van der Waals surface area (Å²) in [5.74, 6) is 0. The van der Waals surface area contributed by atoms with Crippen molar-refractivity contribution in [1.82, 2.24) is 0 Å². The van der Waals surface area contributed by atoms with Crippen LogP contribution in [0.2, 0.25) is 0 Å². The summed E-state index contributed by atoms with van der Waals surface area (Å²) < 4.78 is 0. The molecule has 0 spiro atoms. The van der Waals surface area contributed by atoms with Gasteiger partial charge in [0.2, 0.25) is 0 Å². The molecule has 0 radical (unpaired) electrons. The average Bonchev–Trinajstić information content (AvgIpc) is 3.31. The Balaban J connectivity index is 1.33. The first-order valence-corrected chi connectivity index (χ1v) is 14.0. The number of anilines is 1. The minimum absolute atomic E-state index is 0.0442. The van der Waals surface area contributed by atoms with Crippen molar-refractivity contribution in [2.75, 3.05) is 11.6 Å². The van der Waals surface area contributed by atoms with Crippen molar-refractivity contribution in [3.8, 4) is 0 Å². The van der Waals surface area contributed by atoms with Gasteiger partial charge < -0.3 is 10.0 Å². The zero-order valence-electron chi connectivity index (χ0n) is 23.6. The zero-order chi connectivity index (χ0) is 27.4. The second-order valence-corrected chi connectivity index (χ2v) is 11.8. The molecule has 0 unspecified atom stereocenters. The molecule has 0 saturated heterocycles. The van der Waals surface area contributed by atoms with Gasteiger partial charge in [-0.15, -0.1) is 0 Å². The van der Waals surface area contributed by atoms with Gasteiger partial charge in [-0.2, -0.15) is 0 Å². The summed E-state index contributed by atoms with van der Waals surface area (Å²) in [7, 11) is 0. The van der Waals surface area contributed by atoms with E-state index in [1.807, 2.05) is 4.90 Å². The second kappa shape index (κ2) is 9.39. The standard InChI is InChI=1S/C37H37NO/c1-6-27-30-22-20-25-14-10-12-16-28(25)34(30)36(2,3)31(27)18-8-7-9-19-33-37(4,5)35-29-17-13-11-15-26(29)21-23-32(35)38(33)24-39/h7-23,39H,6,24H2,1-5H3/b9-7+,18-8+,33-19+. The van der Waals surface area contributed by atoms with Crippen LogP contribution in [0.5, 0.6) is 0 Å². The van der Waals surface area contributed by atoms with E-state index in [0.717, 1.165) is 17.8 Å². The molecule has 2 heteroatoms. The molecule has 0 fully saturated rings. The highest BCUT2D eigenvalue weighted by molar-refractivity contribution is 5.97. The summed E-state index contributed by atoms with van der Waals surface area (Å²) in [6.45, 7) is 11.4. The second-order valence-electron chi connectivity index (χ2n) is 11.8. The van der Waals surface area contributed by atoms with Gasteiger partial charge in [0.1, 0.15) is 6.73 Å². The molecule has 4 aromatic carbocycles. The third kappa shape index (κ3) is 3.81. The highest BCUT2D eigenvalue weighted by atomic mass is 16.3. The fourth-order valence-electron chi connectivity index (χ4n) is 7.09. The van der Waals surface area contributed by atoms with Crippen LogP contribution in [-0.4, -0.2) is 11.8 Å². The number of aliphatic hydroxyl groups excluding tert-OH is 1. The van der Waals surface area contributed by atoms with Crippen LogP contribution in [0.25, 0.3) is 27.1 Å². The molecule has 4 aromatic rings. The van der Waals surface area contributed by atoms with Crippen LogP contribution < -0.4 is 4.90 Å². The van der Waals surface area contributed by atoms with E-state index in [-0.39, 0.29) is 17.6 Å². The molecule has 0 atom stereocenters. The van der Waals surface area contributed by atoms with E-state index in [2.05, 4.69) is 138 Å². The van der Waals surface area contributed by atoms with Crippen LogP contribution >= 0.6 is 0 Å². The summed E-state index contributed by atoms with van der Waals surface area (Å²) in [4.78, 5) is 2.04. The molecule has 0 bridgehead atoms. The molecule has 1 N–H and O–H groups in total. The molecular formula is C37H37NO. The van der Waals surface area contributed by atoms with Crippen molar-refractivity contribution in [1.29, 1.82) is 0 Å². The van der Waals surface area contributed by atoms with Gasteiger partial charge >= 0.3 is 0 Å². The molecule has 39 heavy (non-hydrogen) atoms. The predicted octanol–water partition coefficient (Wildman–Crippen LogP) is 9.19. The number of allylic oxidation sites excluding steroid dienone is 8. The number of fused-ring (bicyclic) bond motifs is 6. The molecule has 1 aliphatic carbocycles. The first-order valence-electron chi connectivity index (χ1n) is 14.0. The number of rotatable bonds is 5. The lowest BCUT2D eigenvalue weighted by atomic mass is 9.79. The Morgan fingerprint density at radius 3 is 2.03 bits per heavy atom. The molecule has 0 aromatic heterocycles. The predicted molar refractivity (Wildman–Crippen MR) is 167 cm³/mol. The molecule has 0 saturated carbocycles. The number of benzene rings is 4. The largest absolute Gasteiger partial charge is 0.376 e. The van der Waals surface area contributed by atoms with E-state index in [0.29, 0.717) is 0 Å². The van der Waals surface area contributed by atoms with Crippen LogP contribution in [0.1, 0.15) is 57.7 Å². The monoisotopic (exact) mass is 511 g/mol. The summed E-state index contributed by atoms with van der Waals surface area (Å²) >= 11 is 0. The van der Waals surface area contributed by atoms with Crippen molar-refractivity contribution < 1.29 is 5.11 Å². The van der Waals surface area contributed by atoms with Gasteiger partial charge in [0.05, 0.1) is 0 Å². The van der Waals surface area contributed by atoms with Crippen molar-refractivity contribution in [2.45, 2.75) is 51.9 Å². The Morgan fingerprint density at radius 1 is 0.718 bits per heavy atom. The highest BCUT2D eigenvalue weighted by Crippen LogP contribution is 2.51. The lowest BCUT2D eigenvalue weighted by Gasteiger charge is -2.25. The Kier molecular flexibility index (Phi) is 6.12. The average molecular weight is 512 g/mol. The molecule has 196 valence electrons. The van der Waals surface area contributed by atoms with E-state index in [9.17, 15) is 5.11 Å². The van der Waals surface area contributed by atoms with E-state index in [4.69, 9.17) is 0 Å². The summed E-state index contributed by atoms with van der Waals surface area (Å²) in [6.07, 6.45) is 11.9. The third-order valence-electron chi connectivity index (χ3n) is 8.87. The summed E-state index contributed by atoms with van der Waals surface area (Å²) in [5.41, 5.74) is 8.86. The Labute approximate surface area is 232 Å². The van der Waals surface area contributed by atoms with Gasteiger partial charge in [-0.05, 0) is 67.9 Å². The van der Waals surface area contributed by atoms with Crippen LogP contribution in [0.4, 0.5) is 5.69 Å². The lowest BCUT2D eigenvalue weighted by molar-refractivity contribution is 0.298. The molecule has 1 heterocycles. The van der Waals surface area contributed by atoms with E-state index >= 15 is 0 Å². The van der Waals surface area contributed by atoms with Gasteiger partial charge in [0.15, 0.2) is 0 Å². The maximum absolute atomic E-state index is 10.3. The van der Waals surface area contributed by atoms with Crippen molar-refractivity contribution in [2.24, 2.45) is 0 Å². The number of aliphatic hydroxyl groups is 1. The van der Waals surface area contributed by atoms with E-state index in [1.165, 1.54) is 49.4 Å². The van der Waals surface area contributed by atoms with Crippen LogP contribution in [-0.2, 0) is 10.8 Å². The normalized spacial score (nSPS) is 18.8. The van der Waals surface area contributed by atoms with Crippen LogP contribution in [0.3, 0.4) is 0 Å². The molecule has 2 aliphatic rings. The zero-order valence-corrected chi connectivity index (χ0v) is 23.6. The maximum atomic E-state index is 10.3. The molecule has 0 amide bonds. The minimum atomic E-state index is -0.221. The Morgan fingerprint density at radius 2 is 1.36 bits per heavy atom. The van der Waals surface area contributed by atoms with Gasteiger partial charge in [-0.3, -0.25) is 0 Å². The molecule has 2 nitrogen and oxygen atoms in total. The topological polar surface area (TPSA) is 23.5 Å². The van der Waals surface area contributed by atoms with Crippen molar-refractivity contribution in [3.05, 3.63) is 131 Å². The van der Waals surface area contributed by atoms with Gasteiger partial charge in [0, 0.05) is 22.2 Å². The fraction of sp³-hybridized carbons (Fsp3) is 0.243. The fourth-order valence-corrected chi connectivity index (χ4v) is 7.09. The van der Waals surface area contributed by atoms with Crippen molar-refractivity contribution in [3.63, 3.8) is 0 Å². The minimum Gasteiger partial charge on any atom is -0.376 e. The molecular weight excluding hydrogens is 474 g/mol. The molecule has 1 aliphatic heterocycles. The van der Waals surface area contributed by atoms with Gasteiger partial charge in [0.25, 0.3) is 0 Å². The van der Waals surface area contributed by atoms with Crippen LogP contribution in [0.15, 0.2) is 114 Å². The van der Waals surface area contributed by atoms with E-state index < -0.39 is 0 Å². The Hall–Kier alpha value is -3.88. The maximum Gasteiger partial charge on any atom is 0.119 e. The summed E-state index contributed by atoms with van der Waals surface area (Å²) in [6, 6.07) is 26.1. The number of hydrogen-bond donors (Lipinski definition) is 1. The first-order chi connectivity index (χ1) is 18.8. The third-order valence-corrected chi connectivity index (χ3v) is 8.87. The Bertz CT molecular complexity index is 1730. The summed E-state index contributed by atoms with van der Waals surface area (Å²) in [5, 5.41) is 15.5. The van der Waals surface area contributed by atoms with Gasteiger partial charge in [-0.1, -0.05) is 126 Å².